The number of fused-ring (bicyclic) bond motifs is 1. The summed E-state index contributed by atoms with van der Waals surface area (Å²) in [6.07, 6.45) is 0.455. The molecule has 236 valence electrons. The fourth-order valence-corrected chi connectivity index (χ4v) is 9.03. The third-order valence-electron chi connectivity index (χ3n) is 6.01. The number of esters is 4. The molecule has 0 aliphatic carbocycles. The van der Waals surface area contributed by atoms with Gasteiger partial charge in [0.2, 0.25) is 0 Å². The summed E-state index contributed by atoms with van der Waals surface area (Å²) >= 11 is 6.12. The topological polar surface area (TPSA) is 124 Å². The maximum absolute atomic E-state index is 12.3. The van der Waals surface area contributed by atoms with Crippen molar-refractivity contribution in [1.29, 1.82) is 0 Å². The van der Waals surface area contributed by atoms with Gasteiger partial charge in [-0.3, -0.25) is 0 Å². The van der Waals surface area contributed by atoms with Crippen LogP contribution in [0.2, 0.25) is 0 Å². The first-order chi connectivity index (χ1) is 21.3. The first kappa shape index (κ1) is 33.9. The highest BCUT2D eigenvalue weighted by Gasteiger charge is 2.28. The number of carbonyl (C=O) groups is 4. The molecule has 0 bridgehead atoms. The fourth-order valence-electron chi connectivity index (χ4n) is 3.89. The van der Waals surface area contributed by atoms with Crippen LogP contribution >= 0.6 is 47.0 Å². The van der Waals surface area contributed by atoms with E-state index in [4.69, 9.17) is 28.4 Å². The Morgan fingerprint density at radius 3 is 1.41 bits per heavy atom. The number of benzene rings is 2. The van der Waals surface area contributed by atoms with E-state index >= 15 is 0 Å². The summed E-state index contributed by atoms with van der Waals surface area (Å²) < 4.78 is 32.6. The van der Waals surface area contributed by atoms with Gasteiger partial charge in [0.25, 0.3) is 0 Å². The van der Waals surface area contributed by atoms with E-state index in [0.717, 1.165) is 45.9 Å². The Bertz CT molecular complexity index is 1240. The highest BCUT2D eigenvalue weighted by atomic mass is 32.2. The van der Waals surface area contributed by atoms with Crippen molar-refractivity contribution in [2.24, 2.45) is 0 Å². The summed E-state index contributed by atoms with van der Waals surface area (Å²) in [5.41, 5.74) is 0. The predicted molar refractivity (Wildman–Crippen MR) is 174 cm³/mol. The molecule has 44 heavy (non-hydrogen) atoms. The van der Waals surface area contributed by atoms with Crippen LogP contribution in [-0.2, 0) is 38.1 Å². The van der Waals surface area contributed by atoms with Crippen LogP contribution in [0.15, 0.2) is 61.7 Å². The molecular weight excluding hydrogens is 649 g/mol. The van der Waals surface area contributed by atoms with Crippen molar-refractivity contribution in [3.05, 3.63) is 61.7 Å². The van der Waals surface area contributed by atoms with Crippen molar-refractivity contribution in [1.82, 2.24) is 0 Å². The molecule has 0 aromatic heterocycles. The van der Waals surface area contributed by atoms with E-state index in [1.165, 1.54) is 47.0 Å². The molecule has 2 aromatic rings. The highest BCUT2D eigenvalue weighted by molar-refractivity contribution is 8.21. The molecule has 2 aliphatic heterocycles. The van der Waals surface area contributed by atoms with Crippen molar-refractivity contribution in [2.45, 2.75) is 21.4 Å². The number of ether oxygens (including phenoxy) is 6. The van der Waals surface area contributed by atoms with Crippen molar-refractivity contribution >= 4 is 81.7 Å². The summed E-state index contributed by atoms with van der Waals surface area (Å²) in [6.45, 7) is 6.50. The first-order valence-electron chi connectivity index (χ1n) is 13.6. The molecule has 0 spiro atoms. The molecule has 0 amide bonds. The van der Waals surface area contributed by atoms with Gasteiger partial charge in [0.1, 0.15) is 47.1 Å². The molecule has 0 saturated carbocycles. The average Bonchev–Trinajstić information content (AvgIpc) is 3.78. The molecule has 2 fully saturated rings. The standard InChI is InChI=1S/C30H32O10S4/c1-3-25(31)39-23(17-37-27(33)29-41-9-10-42-29)15-35-21-7-5-20-14-22(8-6-19(20)13-21)36-16-24(40-26(32)4-2)18-38-28(34)30-43-11-12-44-30/h3-8,13-14,23-24,29-30H,1-2,9-12,15-18H2. The molecule has 2 atom stereocenters. The summed E-state index contributed by atoms with van der Waals surface area (Å²) in [5.74, 6) is 2.61. The normalized spacial score (nSPS) is 16.5. The number of carbonyl (C=O) groups excluding carboxylic acids is 4. The lowest BCUT2D eigenvalue weighted by Crippen LogP contribution is -2.31. The van der Waals surface area contributed by atoms with Gasteiger partial charge in [-0.1, -0.05) is 25.3 Å². The van der Waals surface area contributed by atoms with E-state index in [-0.39, 0.29) is 47.5 Å². The van der Waals surface area contributed by atoms with E-state index in [1.54, 1.807) is 12.1 Å². The van der Waals surface area contributed by atoms with Crippen molar-refractivity contribution in [3.63, 3.8) is 0 Å². The van der Waals surface area contributed by atoms with Crippen LogP contribution in [0.1, 0.15) is 0 Å². The van der Waals surface area contributed by atoms with Gasteiger partial charge in [-0.05, 0) is 35.0 Å². The highest BCUT2D eigenvalue weighted by Crippen LogP contribution is 2.33. The molecule has 4 rings (SSSR count). The van der Waals surface area contributed by atoms with Crippen LogP contribution in [0, 0.1) is 0 Å². The molecule has 2 aliphatic rings. The second kappa shape index (κ2) is 17.5. The SMILES string of the molecule is C=CC(=O)OC(COC(=O)C1SCCS1)COc1ccc2cc(OCC(COC(=O)C3SCCS3)OC(=O)C=C)ccc2c1. The zero-order chi connectivity index (χ0) is 31.3. The van der Waals surface area contributed by atoms with Gasteiger partial charge in [-0.25, -0.2) is 19.2 Å². The van der Waals surface area contributed by atoms with E-state index in [1.807, 2.05) is 24.3 Å². The number of thioether (sulfide) groups is 4. The Hall–Kier alpha value is -2.94. The zero-order valence-corrected chi connectivity index (χ0v) is 27.0. The van der Waals surface area contributed by atoms with Crippen molar-refractivity contribution in [2.75, 3.05) is 49.4 Å². The average molecular weight is 681 g/mol. The fraction of sp³-hybridized carbons (Fsp3) is 0.400. The van der Waals surface area contributed by atoms with Crippen LogP contribution in [0.3, 0.4) is 0 Å². The molecule has 2 saturated heterocycles. The molecule has 0 radical (unpaired) electrons. The lowest BCUT2D eigenvalue weighted by Gasteiger charge is -2.19. The summed E-state index contributed by atoms with van der Waals surface area (Å²) in [7, 11) is 0. The minimum atomic E-state index is -0.814. The number of hydrogen-bond donors (Lipinski definition) is 0. The van der Waals surface area contributed by atoms with Crippen LogP contribution in [0.4, 0.5) is 0 Å². The third-order valence-corrected chi connectivity index (χ3v) is 11.9. The largest absolute Gasteiger partial charge is 0.490 e. The lowest BCUT2D eigenvalue weighted by atomic mass is 10.1. The summed E-state index contributed by atoms with van der Waals surface area (Å²) in [4.78, 5) is 48.2. The van der Waals surface area contributed by atoms with Gasteiger partial charge in [0.15, 0.2) is 12.2 Å². The lowest BCUT2D eigenvalue weighted by molar-refractivity contribution is -0.156. The molecule has 0 N–H and O–H groups in total. The third kappa shape index (κ3) is 10.6. The zero-order valence-electron chi connectivity index (χ0n) is 23.7. The maximum Gasteiger partial charge on any atom is 0.330 e. The Morgan fingerprint density at radius 2 is 1.05 bits per heavy atom. The van der Waals surface area contributed by atoms with Crippen LogP contribution in [0.25, 0.3) is 10.8 Å². The summed E-state index contributed by atoms with van der Waals surface area (Å²) in [5, 5.41) is 1.71. The van der Waals surface area contributed by atoms with Gasteiger partial charge in [0.05, 0.1) is 0 Å². The van der Waals surface area contributed by atoms with E-state index in [2.05, 4.69) is 13.2 Å². The van der Waals surface area contributed by atoms with Gasteiger partial charge >= 0.3 is 23.9 Å². The van der Waals surface area contributed by atoms with E-state index in [9.17, 15) is 19.2 Å². The number of hydrogen-bond acceptors (Lipinski definition) is 14. The second-order valence-electron chi connectivity index (χ2n) is 9.23. The first-order valence-corrected chi connectivity index (χ1v) is 17.8. The minimum absolute atomic E-state index is 0.0297. The molecular formula is C30H32O10S4. The van der Waals surface area contributed by atoms with E-state index < -0.39 is 24.1 Å². The molecule has 2 unspecified atom stereocenters. The summed E-state index contributed by atoms with van der Waals surface area (Å²) in [6, 6.07) is 10.8. The Kier molecular flexibility index (Phi) is 13.5. The molecule has 10 nitrogen and oxygen atoms in total. The molecule has 2 aromatic carbocycles. The van der Waals surface area contributed by atoms with Crippen LogP contribution < -0.4 is 9.47 Å². The van der Waals surface area contributed by atoms with E-state index in [0.29, 0.717) is 11.5 Å². The Labute approximate surface area is 272 Å². The smallest absolute Gasteiger partial charge is 0.330 e. The van der Waals surface area contributed by atoms with Gasteiger partial charge < -0.3 is 28.4 Å². The minimum Gasteiger partial charge on any atom is -0.490 e. The number of rotatable bonds is 16. The van der Waals surface area contributed by atoms with Crippen molar-refractivity contribution < 1.29 is 47.6 Å². The van der Waals surface area contributed by atoms with Crippen LogP contribution in [-0.4, -0.2) is 94.7 Å². The van der Waals surface area contributed by atoms with Gasteiger partial charge in [0, 0.05) is 35.2 Å². The monoisotopic (exact) mass is 680 g/mol. The Morgan fingerprint density at radius 1 is 0.659 bits per heavy atom. The quantitative estimate of drug-likeness (QED) is 0.141. The predicted octanol–water partition coefficient (Wildman–Crippen LogP) is 4.49. The maximum atomic E-state index is 12.3. The molecule has 14 heteroatoms. The molecule has 2 heterocycles. The van der Waals surface area contributed by atoms with Gasteiger partial charge in [-0.2, -0.15) is 0 Å². The van der Waals surface area contributed by atoms with Crippen LogP contribution in [0.5, 0.6) is 11.5 Å². The Balaban J connectivity index is 1.31. The van der Waals surface area contributed by atoms with Gasteiger partial charge in [-0.15, -0.1) is 47.0 Å². The second-order valence-corrected chi connectivity index (χ2v) is 14.7. The van der Waals surface area contributed by atoms with Crippen molar-refractivity contribution in [3.8, 4) is 11.5 Å².